The van der Waals surface area contributed by atoms with Crippen molar-refractivity contribution in [3.8, 4) is 16.9 Å². The molecule has 29 heavy (non-hydrogen) atoms. The van der Waals surface area contributed by atoms with Gasteiger partial charge in [-0.1, -0.05) is 24.3 Å². The lowest BCUT2D eigenvalue weighted by Gasteiger charge is -2.56. The minimum Gasteiger partial charge on any atom is -0.283 e. The molecule has 3 nitrogen and oxygen atoms in total. The Bertz CT molecular complexity index is 1070. The monoisotopic (exact) mass is 382 g/mol. The van der Waals surface area contributed by atoms with Gasteiger partial charge < -0.3 is 0 Å². The zero-order valence-corrected chi connectivity index (χ0v) is 16.6. The Hall–Kier alpha value is -2.68. The van der Waals surface area contributed by atoms with E-state index in [1.807, 2.05) is 65.5 Å². The van der Waals surface area contributed by atoms with Crippen LogP contribution in [0.4, 0.5) is 0 Å². The van der Waals surface area contributed by atoms with E-state index in [2.05, 4.69) is 11.1 Å². The molecule has 0 amide bonds. The van der Waals surface area contributed by atoms with Crippen LogP contribution < -0.4 is 5.56 Å². The van der Waals surface area contributed by atoms with Crippen LogP contribution in [-0.2, 0) is 5.41 Å². The third-order valence-corrected chi connectivity index (χ3v) is 7.62. The molecule has 0 aliphatic heterocycles. The van der Waals surface area contributed by atoms with E-state index in [1.165, 1.54) is 38.5 Å². The largest absolute Gasteiger partial charge is 0.283 e. The van der Waals surface area contributed by atoms with Gasteiger partial charge in [0.05, 0.1) is 5.69 Å². The molecular weight excluding hydrogens is 356 g/mol. The molecule has 0 radical (unpaired) electrons. The fraction of sp³-hybridized carbons (Fsp3) is 0.385. The number of nitrogens with zero attached hydrogens (tertiary/aromatic N) is 2. The van der Waals surface area contributed by atoms with E-state index < -0.39 is 0 Å². The van der Waals surface area contributed by atoms with Gasteiger partial charge in [0, 0.05) is 34.6 Å². The van der Waals surface area contributed by atoms with Gasteiger partial charge in [-0.2, -0.15) is 0 Å². The molecule has 146 valence electrons. The number of rotatable bonds is 3. The molecule has 4 aliphatic rings. The maximum Gasteiger partial charge on any atom is 0.258 e. The molecule has 0 atom stereocenters. The van der Waals surface area contributed by atoms with Crippen LogP contribution in [0.1, 0.15) is 44.1 Å². The number of benzene rings is 1. The molecule has 4 bridgehead atoms. The van der Waals surface area contributed by atoms with Crippen molar-refractivity contribution in [3.05, 3.63) is 82.9 Å². The van der Waals surface area contributed by atoms with Crippen LogP contribution in [0.15, 0.2) is 71.8 Å². The predicted octanol–water partition coefficient (Wildman–Crippen LogP) is 5.37. The van der Waals surface area contributed by atoms with Crippen LogP contribution in [0.2, 0.25) is 0 Å². The SMILES string of the molecule is O=c1c(C23CC4CC(CC(C4)C2)C3)cc(-c2ccccn2)cn1-c1ccccc1. The lowest BCUT2D eigenvalue weighted by atomic mass is 9.48. The maximum absolute atomic E-state index is 13.8. The van der Waals surface area contributed by atoms with Gasteiger partial charge in [-0.15, -0.1) is 0 Å². The van der Waals surface area contributed by atoms with Crippen molar-refractivity contribution >= 4 is 0 Å². The highest BCUT2D eigenvalue weighted by atomic mass is 16.1. The lowest BCUT2D eigenvalue weighted by molar-refractivity contribution is -0.00591. The number of hydrogen-bond acceptors (Lipinski definition) is 2. The Morgan fingerprint density at radius 3 is 2.14 bits per heavy atom. The zero-order chi connectivity index (χ0) is 19.4. The normalized spacial score (nSPS) is 29.9. The van der Waals surface area contributed by atoms with Crippen LogP contribution in [-0.4, -0.2) is 9.55 Å². The Morgan fingerprint density at radius 1 is 0.862 bits per heavy atom. The number of aromatic nitrogens is 2. The molecule has 0 saturated heterocycles. The van der Waals surface area contributed by atoms with Crippen molar-refractivity contribution in [1.29, 1.82) is 0 Å². The molecule has 2 aromatic heterocycles. The van der Waals surface area contributed by atoms with Crippen molar-refractivity contribution in [3.63, 3.8) is 0 Å². The Labute approximate surface area is 171 Å². The van der Waals surface area contributed by atoms with Gasteiger partial charge in [-0.05, 0) is 86.6 Å². The van der Waals surface area contributed by atoms with Crippen LogP contribution in [0.5, 0.6) is 0 Å². The molecule has 4 saturated carbocycles. The summed E-state index contributed by atoms with van der Waals surface area (Å²) in [6.45, 7) is 0. The van der Waals surface area contributed by atoms with Crippen molar-refractivity contribution < 1.29 is 0 Å². The first-order chi connectivity index (χ1) is 14.2. The fourth-order valence-corrected chi connectivity index (χ4v) is 6.86. The molecule has 1 aromatic carbocycles. The van der Waals surface area contributed by atoms with Gasteiger partial charge >= 0.3 is 0 Å². The Morgan fingerprint density at radius 2 is 1.52 bits per heavy atom. The number of hydrogen-bond donors (Lipinski definition) is 0. The van der Waals surface area contributed by atoms with E-state index in [-0.39, 0.29) is 11.0 Å². The first-order valence-corrected chi connectivity index (χ1v) is 10.9. The summed E-state index contributed by atoms with van der Waals surface area (Å²) in [5.41, 5.74) is 4.17. The molecule has 3 heteroatoms. The Kier molecular flexibility index (Phi) is 3.80. The van der Waals surface area contributed by atoms with Crippen molar-refractivity contribution in [2.75, 3.05) is 0 Å². The van der Waals surface area contributed by atoms with E-state index in [0.717, 1.165) is 40.3 Å². The van der Waals surface area contributed by atoms with Gasteiger partial charge in [-0.3, -0.25) is 14.3 Å². The van der Waals surface area contributed by atoms with E-state index in [9.17, 15) is 4.79 Å². The highest BCUT2D eigenvalue weighted by Crippen LogP contribution is 2.60. The van der Waals surface area contributed by atoms with E-state index in [4.69, 9.17) is 0 Å². The van der Waals surface area contributed by atoms with E-state index in [0.29, 0.717) is 0 Å². The summed E-state index contributed by atoms with van der Waals surface area (Å²) in [5.74, 6) is 2.43. The summed E-state index contributed by atoms with van der Waals surface area (Å²) in [5, 5.41) is 0. The van der Waals surface area contributed by atoms with Crippen LogP contribution in [0, 0.1) is 17.8 Å². The molecule has 4 aliphatic carbocycles. The molecule has 7 rings (SSSR count). The van der Waals surface area contributed by atoms with Gasteiger partial charge in [-0.25, -0.2) is 0 Å². The molecule has 3 aromatic rings. The zero-order valence-electron chi connectivity index (χ0n) is 16.6. The molecule has 0 unspecified atom stereocenters. The van der Waals surface area contributed by atoms with Gasteiger partial charge in [0.1, 0.15) is 0 Å². The average Bonchev–Trinajstić information content (AvgIpc) is 2.74. The third kappa shape index (κ3) is 2.78. The second-order valence-electron chi connectivity index (χ2n) is 9.57. The third-order valence-electron chi connectivity index (χ3n) is 7.62. The van der Waals surface area contributed by atoms with Gasteiger partial charge in [0.25, 0.3) is 5.56 Å². The maximum atomic E-state index is 13.8. The van der Waals surface area contributed by atoms with Crippen LogP contribution in [0.3, 0.4) is 0 Å². The summed E-state index contributed by atoms with van der Waals surface area (Å²) in [7, 11) is 0. The fourth-order valence-electron chi connectivity index (χ4n) is 6.86. The smallest absolute Gasteiger partial charge is 0.258 e. The second kappa shape index (κ2) is 6.41. The first-order valence-electron chi connectivity index (χ1n) is 10.9. The average molecular weight is 383 g/mol. The van der Waals surface area contributed by atoms with Crippen LogP contribution in [0.25, 0.3) is 16.9 Å². The molecule has 0 spiro atoms. The second-order valence-corrected chi connectivity index (χ2v) is 9.57. The molecule has 2 heterocycles. The molecule has 4 fully saturated rings. The number of pyridine rings is 2. The summed E-state index contributed by atoms with van der Waals surface area (Å²) in [4.78, 5) is 18.4. The summed E-state index contributed by atoms with van der Waals surface area (Å²) in [6, 6.07) is 18.2. The van der Waals surface area contributed by atoms with Crippen molar-refractivity contribution in [2.24, 2.45) is 17.8 Å². The summed E-state index contributed by atoms with van der Waals surface area (Å²) >= 11 is 0. The predicted molar refractivity (Wildman–Crippen MR) is 115 cm³/mol. The minimum atomic E-state index is 0.0627. The lowest BCUT2D eigenvalue weighted by Crippen LogP contribution is -2.51. The highest BCUT2D eigenvalue weighted by molar-refractivity contribution is 5.60. The highest BCUT2D eigenvalue weighted by Gasteiger charge is 2.52. The minimum absolute atomic E-state index is 0.0627. The van der Waals surface area contributed by atoms with Crippen molar-refractivity contribution in [2.45, 2.75) is 43.9 Å². The number of para-hydroxylation sites is 1. The summed E-state index contributed by atoms with van der Waals surface area (Å²) < 4.78 is 1.86. The topological polar surface area (TPSA) is 34.9 Å². The first kappa shape index (κ1) is 17.2. The van der Waals surface area contributed by atoms with E-state index in [1.54, 1.807) is 0 Å². The van der Waals surface area contributed by atoms with Gasteiger partial charge in [0.2, 0.25) is 0 Å². The Balaban J connectivity index is 1.57. The van der Waals surface area contributed by atoms with Crippen LogP contribution >= 0.6 is 0 Å². The van der Waals surface area contributed by atoms with Crippen molar-refractivity contribution in [1.82, 2.24) is 9.55 Å². The molecule has 0 N–H and O–H groups in total. The quantitative estimate of drug-likeness (QED) is 0.611. The standard InChI is InChI=1S/C26H26N2O/c29-25-23(26-14-18-10-19(15-26)12-20(11-18)16-26)13-21(24-8-4-5-9-27-24)17-28(25)22-6-2-1-3-7-22/h1-9,13,17-20H,10-12,14-16H2. The summed E-state index contributed by atoms with van der Waals surface area (Å²) in [6.07, 6.45) is 11.5. The molecular formula is C26H26N2O. The van der Waals surface area contributed by atoms with Gasteiger partial charge in [0.15, 0.2) is 0 Å². The van der Waals surface area contributed by atoms with E-state index >= 15 is 0 Å².